The Hall–Kier alpha value is -0.500. The Morgan fingerprint density at radius 3 is 2.75 bits per heavy atom. The lowest BCUT2D eigenvalue weighted by Crippen LogP contribution is -2.41. The molecule has 1 rings (SSSR count). The first kappa shape index (κ1) is 9.59. The molecule has 0 aliphatic carbocycles. The summed E-state index contributed by atoms with van der Waals surface area (Å²) in [5.41, 5.74) is 0.199. The van der Waals surface area contributed by atoms with Crippen molar-refractivity contribution in [3.63, 3.8) is 0 Å². The van der Waals surface area contributed by atoms with Crippen LogP contribution in [0.2, 0.25) is 0 Å². The molecule has 1 atom stereocenters. The van der Waals surface area contributed by atoms with Crippen molar-refractivity contribution in [2.75, 3.05) is 6.54 Å². The maximum Gasteiger partial charge on any atom is 0.110 e. The van der Waals surface area contributed by atoms with E-state index in [1.807, 2.05) is 6.26 Å². The van der Waals surface area contributed by atoms with Crippen molar-refractivity contribution in [3.05, 3.63) is 12.3 Å². The van der Waals surface area contributed by atoms with Crippen molar-refractivity contribution in [2.24, 2.45) is 0 Å². The molecule has 2 heteroatoms. The van der Waals surface area contributed by atoms with Crippen LogP contribution in [0.25, 0.3) is 0 Å². The number of nitrogens with one attached hydrogen (secondary N) is 1. The van der Waals surface area contributed by atoms with E-state index in [1.165, 1.54) is 0 Å². The third-order valence-electron chi connectivity index (χ3n) is 1.88. The summed E-state index contributed by atoms with van der Waals surface area (Å²) in [7, 11) is 0. The molecule has 0 aromatic carbocycles. The fraction of sp³-hybridized carbons (Fsp3) is 0.800. The van der Waals surface area contributed by atoms with Crippen LogP contribution in [-0.2, 0) is 4.74 Å². The second kappa shape index (κ2) is 3.94. The molecule has 12 heavy (non-hydrogen) atoms. The third-order valence-corrected chi connectivity index (χ3v) is 1.88. The summed E-state index contributed by atoms with van der Waals surface area (Å²) in [6.07, 6.45) is 6.55. The minimum atomic E-state index is 0.199. The van der Waals surface area contributed by atoms with Gasteiger partial charge < -0.3 is 10.1 Å². The largest absolute Gasteiger partial charge is 0.497 e. The van der Waals surface area contributed by atoms with Crippen LogP contribution in [0, 0.1) is 0 Å². The molecule has 0 bridgehead atoms. The number of hydrogen-bond acceptors (Lipinski definition) is 2. The molecular formula is C10H19NO. The van der Waals surface area contributed by atoms with Crippen molar-refractivity contribution in [1.82, 2.24) is 5.32 Å². The fourth-order valence-electron chi connectivity index (χ4n) is 1.16. The van der Waals surface area contributed by atoms with Crippen LogP contribution in [0.1, 0.15) is 33.6 Å². The SMILES string of the molecule is CC(C)(C)NCC1CCC=CO1. The smallest absolute Gasteiger partial charge is 0.110 e. The molecule has 1 unspecified atom stereocenters. The van der Waals surface area contributed by atoms with Crippen molar-refractivity contribution in [3.8, 4) is 0 Å². The van der Waals surface area contributed by atoms with Gasteiger partial charge in [-0.3, -0.25) is 0 Å². The second-order valence-corrected chi connectivity index (χ2v) is 4.34. The highest BCUT2D eigenvalue weighted by Crippen LogP contribution is 2.10. The van der Waals surface area contributed by atoms with Crippen molar-refractivity contribution in [2.45, 2.75) is 45.3 Å². The maximum atomic E-state index is 5.43. The van der Waals surface area contributed by atoms with Gasteiger partial charge in [-0.2, -0.15) is 0 Å². The molecule has 1 heterocycles. The molecule has 0 saturated heterocycles. The first-order chi connectivity index (χ1) is 5.58. The lowest BCUT2D eigenvalue weighted by molar-refractivity contribution is 0.115. The number of ether oxygens (including phenoxy) is 1. The van der Waals surface area contributed by atoms with Crippen molar-refractivity contribution in [1.29, 1.82) is 0 Å². The van der Waals surface area contributed by atoms with E-state index >= 15 is 0 Å². The zero-order valence-electron chi connectivity index (χ0n) is 8.26. The number of rotatable bonds is 2. The maximum absolute atomic E-state index is 5.43. The lowest BCUT2D eigenvalue weighted by atomic mass is 10.1. The van der Waals surface area contributed by atoms with E-state index in [2.05, 4.69) is 32.2 Å². The van der Waals surface area contributed by atoms with Crippen LogP contribution in [-0.4, -0.2) is 18.2 Å². The van der Waals surface area contributed by atoms with Gasteiger partial charge in [-0.05, 0) is 39.7 Å². The van der Waals surface area contributed by atoms with E-state index in [4.69, 9.17) is 4.74 Å². The first-order valence-electron chi connectivity index (χ1n) is 4.63. The van der Waals surface area contributed by atoms with E-state index < -0.39 is 0 Å². The zero-order valence-corrected chi connectivity index (χ0v) is 8.26. The summed E-state index contributed by atoms with van der Waals surface area (Å²) in [6.45, 7) is 7.47. The normalized spacial score (nSPS) is 23.8. The van der Waals surface area contributed by atoms with Crippen molar-refractivity contribution >= 4 is 0 Å². The van der Waals surface area contributed by atoms with Gasteiger partial charge in [0.25, 0.3) is 0 Å². The summed E-state index contributed by atoms with van der Waals surface area (Å²) >= 11 is 0. The molecule has 1 aliphatic rings. The van der Waals surface area contributed by atoms with Crippen LogP contribution >= 0.6 is 0 Å². The zero-order chi connectivity index (χ0) is 9.03. The van der Waals surface area contributed by atoms with Crippen LogP contribution < -0.4 is 5.32 Å². The standard InChI is InChI=1S/C10H19NO/c1-10(2,3)11-8-9-6-4-5-7-12-9/h5,7,9,11H,4,6,8H2,1-3H3. The molecule has 1 aliphatic heterocycles. The average molecular weight is 169 g/mol. The molecule has 0 aromatic heterocycles. The Morgan fingerprint density at radius 2 is 2.25 bits per heavy atom. The van der Waals surface area contributed by atoms with Gasteiger partial charge in [0.1, 0.15) is 6.10 Å². The number of hydrogen-bond donors (Lipinski definition) is 1. The lowest BCUT2D eigenvalue weighted by Gasteiger charge is -2.26. The van der Waals surface area contributed by atoms with E-state index in [1.54, 1.807) is 0 Å². The summed E-state index contributed by atoms with van der Waals surface area (Å²) in [5.74, 6) is 0. The van der Waals surface area contributed by atoms with E-state index in [0.717, 1.165) is 19.4 Å². The monoisotopic (exact) mass is 169 g/mol. The van der Waals surface area contributed by atoms with Crippen LogP contribution in [0.15, 0.2) is 12.3 Å². The minimum absolute atomic E-state index is 0.199. The molecule has 0 spiro atoms. The highest BCUT2D eigenvalue weighted by molar-refractivity contribution is 4.84. The molecule has 0 fully saturated rings. The predicted molar refractivity (Wildman–Crippen MR) is 51.0 cm³/mol. The van der Waals surface area contributed by atoms with Gasteiger partial charge in [0, 0.05) is 12.1 Å². The quantitative estimate of drug-likeness (QED) is 0.683. The Labute approximate surface area is 75.0 Å². The molecular weight excluding hydrogens is 150 g/mol. The van der Waals surface area contributed by atoms with Gasteiger partial charge in [0.05, 0.1) is 6.26 Å². The van der Waals surface area contributed by atoms with Gasteiger partial charge in [0.15, 0.2) is 0 Å². The summed E-state index contributed by atoms with van der Waals surface area (Å²) in [6, 6.07) is 0. The highest BCUT2D eigenvalue weighted by atomic mass is 16.5. The fourth-order valence-corrected chi connectivity index (χ4v) is 1.16. The summed E-state index contributed by atoms with van der Waals surface area (Å²) in [4.78, 5) is 0. The van der Waals surface area contributed by atoms with Gasteiger partial charge in [-0.15, -0.1) is 0 Å². The molecule has 0 amide bonds. The van der Waals surface area contributed by atoms with Crippen LogP contribution in [0.4, 0.5) is 0 Å². The first-order valence-corrected chi connectivity index (χ1v) is 4.63. The Morgan fingerprint density at radius 1 is 1.50 bits per heavy atom. The molecule has 0 radical (unpaired) electrons. The van der Waals surface area contributed by atoms with Gasteiger partial charge >= 0.3 is 0 Å². The van der Waals surface area contributed by atoms with Crippen molar-refractivity contribution < 1.29 is 4.74 Å². The third kappa shape index (κ3) is 3.77. The molecule has 0 aromatic rings. The minimum Gasteiger partial charge on any atom is -0.497 e. The van der Waals surface area contributed by atoms with Crippen LogP contribution in [0.3, 0.4) is 0 Å². The average Bonchev–Trinajstić information content (AvgIpc) is 2.02. The predicted octanol–water partition coefficient (Wildman–Crippen LogP) is 2.07. The van der Waals surface area contributed by atoms with Crippen LogP contribution in [0.5, 0.6) is 0 Å². The topological polar surface area (TPSA) is 21.3 Å². The Kier molecular flexibility index (Phi) is 3.15. The molecule has 1 N–H and O–H groups in total. The summed E-state index contributed by atoms with van der Waals surface area (Å²) in [5, 5.41) is 3.43. The number of allylic oxidation sites excluding steroid dienone is 1. The van der Waals surface area contributed by atoms with Gasteiger partial charge in [-0.25, -0.2) is 0 Å². The molecule has 0 saturated carbocycles. The second-order valence-electron chi connectivity index (χ2n) is 4.34. The Bertz CT molecular complexity index is 158. The van der Waals surface area contributed by atoms with Gasteiger partial charge in [-0.1, -0.05) is 0 Å². The Balaban J connectivity index is 2.19. The van der Waals surface area contributed by atoms with E-state index in [-0.39, 0.29) is 5.54 Å². The molecule has 2 nitrogen and oxygen atoms in total. The highest BCUT2D eigenvalue weighted by Gasteiger charge is 2.14. The van der Waals surface area contributed by atoms with E-state index in [9.17, 15) is 0 Å². The summed E-state index contributed by atoms with van der Waals surface area (Å²) < 4.78 is 5.43. The van der Waals surface area contributed by atoms with Gasteiger partial charge in [0.2, 0.25) is 0 Å². The van der Waals surface area contributed by atoms with E-state index in [0.29, 0.717) is 6.10 Å². The molecule has 70 valence electrons.